The van der Waals surface area contributed by atoms with Crippen LogP contribution in [-0.4, -0.2) is 36.3 Å². The van der Waals surface area contributed by atoms with Gasteiger partial charge in [0.25, 0.3) is 0 Å². The molecule has 0 bridgehead atoms. The van der Waals surface area contributed by atoms with Crippen LogP contribution in [0.5, 0.6) is 0 Å². The van der Waals surface area contributed by atoms with Crippen molar-refractivity contribution in [2.45, 2.75) is 18.4 Å². The number of halogens is 1. The normalized spacial score (nSPS) is 20.9. The molecule has 1 aliphatic rings. The van der Waals surface area contributed by atoms with Crippen molar-refractivity contribution in [1.82, 2.24) is 9.97 Å². The zero-order chi connectivity index (χ0) is 10.7. The smallest absolute Gasteiger partial charge is 0.147 e. The average Bonchev–Trinajstić information content (AvgIpc) is 2.78. The molecule has 1 saturated heterocycles. The van der Waals surface area contributed by atoms with E-state index in [0.717, 1.165) is 31.0 Å². The highest BCUT2D eigenvalue weighted by Crippen LogP contribution is 2.18. The van der Waals surface area contributed by atoms with Crippen molar-refractivity contribution in [1.29, 1.82) is 0 Å². The fraction of sp³-hybridized carbons (Fsp3) is 0.600. The first-order valence-electron chi connectivity index (χ1n) is 4.98. The van der Waals surface area contributed by atoms with Crippen LogP contribution in [0.2, 0.25) is 0 Å². The Hall–Kier alpha value is -0.870. The Morgan fingerprint density at radius 3 is 2.93 bits per heavy atom. The highest BCUT2D eigenvalue weighted by Gasteiger charge is 2.22. The summed E-state index contributed by atoms with van der Waals surface area (Å²) in [4.78, 5) is 10.7. The lowest BCUT2D eigenvalue weighted by molar-refractivity contribution is 0.121. The summed E-state index contributed by atoms with van der Waals surface area (Å²) in [7, 11) is 1.75. The van der Waals surface area contributed by atoms with Crippen molar-refractivity contribution in [2.75, 3.05) is 25.1 Å². The SMILES string of the molecule is COC1CCN(c2cnc(CCl)cn2)C1. The van der Waals surface area contributed by atoms with Crippen LogP contribution in [0.15, 0.2) is 12.4 Å². The zero-order valence-corrected chi connectivity index (χ0v) is 9.44. The molecule has 82 valence electrons. The van der Waals surface area contributed by atoms with E-state index in [1.54, 1.807) is 19.5 Å². The molecule has 5 heteroatoms. The highest BCUT2D eigenvalue weighted by molar-refractivity contribution is 6.16. The number of methoxy groups -OCH3 is 1. The van der Waals surface area contributed by atoms with E-state index in [1.807, 2.05) is 0 Å². The van der Waals surface area contributed by atoms with Crippen molar-refractivity contribution >= 4 is 17.4 Å². The molecule has 0 aromatic carbocycles. The largest absolute Gasteiger partial charge is 0.380 e. The number of hydrogen-bond donors (Lipinski definition) is 0. The fourth-order valence-electron chi connectivity index (χ4n) is 1.71. The number of ether oxygens (including phenoxy) is 1. The van der Waals surface area contributed by atoms with E-state index in [2.05, 4.69) is 14.9 Å². The second-order valence-corrected chi connectivity index (χ2v) is 3.86. The van der Waals surface area contributed by atoms with Crippen LogP contribution in [-0.2, 0) is 10.6 Å². The van der Waals surface area contributed by atoms with Gasteiger partial charge >= 0.3 is 0 Å². The van der Waals surface area contributed by atoms with Crippen LogP contribution in [0, 0.1) is 0 Å². The van der Waals surface area contributed by atoms with E-state index in [4.69, 9.17) is 16.3 Å². The van der Waals surface area contributed by atoms with Gasteiger partial charge in [-0.1, -0.05) is 0 Å². The molecule has 1 aromatic heterocycles. The predicted molar refractivity (Wildman–Crippen MR) is 59.2 cm³/mol. The minimum Gasteiger partial charge on any atom is -0.380 e. The number of alkyl halides is 1. The second kappa shape index (κ2) is 4.77. The topological polar surface area (TPSA) is 38.2 Å². The lowest BCUT2D eigenvalue weighted by Crippen LogP contribution is -2.23. The zero-order valence-electron chi connectivity index (χ0n) is 8.69. The Kier molecular flexibility index (Phi) is 3.38. The Labute approximate surface area is 94.2 Å². The maximum Gasteiger partial charge on any atom is 0.147 e. The molecule has 2 rings (SSSR count). The van der Waals surface area contributed by atoms with Crippen LogP contribution >= 0.6 is 11.6 Å². The Balaban J connectivity index is 2.04. The van der Waals surface area contributed by atoms with E-state index in [9.17, 15) is 0 Å². The first-order valence-corrected chi connectivity index (χ1v) is 5.51. The van der Waals surface area contributed by atoms with Gasteiger partial charge in [0.15, 0.2) is 0 Å². The molecule has 4 nitrogen and oxygen atoms in total. The predicted octanol–water partition coefficient (Wildman–Crippen LogP) is 1.44. The lowest BCUT2D eigenvalue weighted by atomic mass is 10.3. The van der Waals surface area contributed by atoms with Gasteiger partial charge < -0.3 is 9.64 Å². The molecule has 0 N–H and O–H groups in total. The summed E-state index contributed by atoms with van der Waals surface area (Å²) in [6, 6.07) is 0. The van der Waals surface area contributed by atoms with Crippen molar-refractivity contribution in [2.24, 2.45) is 0 Å². The summed E-state index contributed by atoms with van der Waals surface area (Å²) in [5.74, 6) is 1.32. The van der Waals surface area contributed by atoms with E-state index in [-0.39, 0.29) is 0 Å². The van der Waals surface area contributed by atoms with E-state index in [0.29, 0.717) is 12.0 Å². The first-order chi connectivity index (χ1) is 7.33. The molecule has 0 saturated carbocycles. The Morgan fingerprint density at radius 1 is 1.53 bits per heavy atom. The molecule has 1 aliphatic heterocycles. The molecule has 1 fully saturated rings. The highest BCUT2D eigenvalue weighted by atomic mass is 35.5. The van der Waals surface area contributed by atoms with Gasteiger partial charge in [-0.25, -0.2) is 4.98 Å². The van der Waals surface area contributed by atoms with Gasteiger partial charge in [0.05, 0.1) is 30.1 Å². The van der Waals surface area contributed by atoms with Crippen molar-refractivity contribution in [3.63, 3.8) is 0 Å². The van der Waals surface area contributed by atoms with Crippen LogP contribution in [0.1, 0.15) is 12.1 Å². The molecule has 2 heterocycles. The standard InChI is InChI=1S/C10H14ClN3O/c1-15-9-2-3-14(7-9)10-6-12-8(4-11)5-13-10/h5-6,9H,2-4,7H2,1H3. The summed E-state index contributed by atoms with van der Waals surface area (Å²) in [6.07, 6.45) is 4.87. The number of rotatable bonds is 3. The third-order valence-corrected chi connectivity index (χ3v) is 2.90. The molecule has 0 spiro atoms. The van der Waals surface area contributed by atoms with Gasteiger partial charge in [-0.2, -0.15) is 0 Å². The summed E-state index contributed by atoms with van der Waals surface area (Å²) < 4.78 is 5.30. The number of nitrogens with zero attached hydrogens (tertiary/aromatic N) is 3. The van der Waals surface area contributed by atoms with Crippen molar-refractivity contribution < 1.29 is 4.74 Å². The Bertz CT molecular complexity index is 317. The second-order valence-electron chi connectivity index (χ2n) is 3.59. The minimum atomic E-state index is 0.319. The summed E-state index contributed by atoms with van der Waals surface area (Å²) >= 11 is 5.65. The minimum absolute atomic E-state index is 0.319. The quantitative estimate of drug-likeness (QED) is 0.733. The molecular formula is C10H14ClN3O. The molecule has 0 amide bonds. The average molecular weight is 228 g/mol. The van der Waals surface area contributed by atoms with Gasteiger partial charge in [0.2, 0.25) is 0 Å². The van der Waals surface area contributed by atoms with E-state index < -0.39 is 0 Å². The lowest BCUT2D eigenvalue weighted by Gasteiger charge is -2.16. The van der Waals surface area contributed by atoms with Gasteiger partial charge in [0.1, 0.15) is 5.82 Å². The summed E-state index contributed by atoms with van der Waals surface area (Å²) in [5, 5.41) is 0. The van der Waals surface area contributed by atoms with Crippen LogP contribution < -0.4 is 4.90 Å². The summed E-state index contributed by atoms with van der Waals surface area (Å²) in [5.41, 5.74) is 0.808. The summed E-state index contributed by atoms with van der Waals surface area (Å²) in [6.45, 7) is 1.87. The number of anilines is 1. The Morgan fingerprint density at radius 2 is 2.40 bits per heavy atom. The first kappa shape index (κ1) is 10.6. The molecule has 15 heavy (non-hydrogen) atoms. The number of hydrogen-bond acceptors (Lipinski definition) is 4. The van der Waals surface area contributed by atoms with Crippen LogP contribution in [0.25, 0.3) is 0 Å². The third kappa shape index (κ3) is 2.38. The van der Waals surface area contributed by atoms with Crippen molar-refractivity contribution in [3.8, 4) is 0 Å². The third-order valence-electron chi connectivity index (χ3n) is 2.63. The number of aromatic nitrogens is 2. The maximum atomic E-state index is 5.65. The van der Waals surface area contributed by atoms with Gasteiger partial charge in [-0.05, 0) is 6.42 Å². The van der Waals surface area contributed by atoms with Gasteiger partial charge in [-0.15, -0.1) is 11.6 Å². The fourth-order valence-corrected chi connectivity index (χ4v) is 1.85. The molecule has 1 aromatic rings. The van der Waals surface area contributed by atoms with Crippen LogP contribution in [0.3, 0.4) is 0 Å². The van der Waals surface area contributed by atoms with E-state index in [1.165, 1.54) is 0 Å². The van der Waals surface area contributed by atoms with Crippen molar-refractivity contribution in [3.05, 3.63) is 18.1 Å². The van der Waals surface area contributed by atoms with Gasteiger partial charge in [0, 0.05) is 20.2 Å². The molecule has 1 unspecified atom stereocenters. The monoisotopic (exact) mass is 227 g/mol. The molecule has 0 aliphatic carbocycles. The van der Waals surface area contributed by atoms with Crippen LogP contribution in [0.4, 0.5) is 5.82 Å². The van der Waals surface area contributed by atoms with E-state index >= 15 is 0 Å². The molecular weight excluding hydrogens is 214 g/mol. The molecule has 0 radical (unpaired) electrons. The molecule has 1 atom stereocenters. The van der Waals surface area contributed by atoms with Gasteiger partial charge in [-0.3, -0.25) is 4.98 Å². The maximum absolute atomic E-state index is 5.65.